The zero-order chi connectivity index (χ0) is 20.1. The van der Waals surface area contributed by atoms with E-state index in [1.807, 2.05) is 12.1 Å². The second-order valence-corrected chi connectivity index (χ2v) is 10.1. The lowest BCUT2D eigenvalue weighted by atomic mass is 10.2. The Morgan fingerprint density at radius 1 is 1.21 bits per heavy atom. The average molecular weight is 444 g/mol. The third-order valence-electron chi connectivity index (χ3n) is 4.29. The van der Waals surface area contributed by atoms with E-state index in [2.05, 4.69) is 5.32 Å². The zero-order valence-electron chi connectivity index (χ0n) is 15.4. The van der Waals surface area contributed by atoms with Gasteiger partial charge in [0.2, 0.25) is 0 Å². The van der Waals surface area contributed by atoms with Gasteiger partial charge in [-0.2, -0.15) is 4.31 Å². The van der Waals surface area contributed by atoms with Gasteiger partial charge in [0, 0.05) is 36.6 Å². The molecular weight excluding hydrogens is 422 g/mol. The van der Waals surface area contributed by atoms with Crippen LogP contribution in [0, 0.1) is 0 Å². The summed E-state index contributed by atoms with van der Waals surface area (Å²) in [4.78, 5) is 14.6. The number of nitrogens with one attached hydrogen (secondary N) is 1. The van der Waals surface area contributed by atoms with E-state index in [1.165, 1.54) is 15.6 Å². The number of sulfonamides is 1. The van der Waals surface area contributed by atoms with E-state index >= 15 is 0 Å². The van der Waals surface area contributed by atoms with E-state index in [-0.39, 0.29) is 16.8 Å². The van der Waals surface area contributed by atoms with E-state index in [0.717, 1.165) is 10.4 Å². The Bertz CT molecular complexity index is 909. The van der Waals surface area contributed by atoms with E-state index < -0.39 is 10.0 Å². The Morgan fingerprint density at radius 2 is 1.89 bits per heavy atom. The van der Waals surface area contributed by atoms with Crippen molar-refractivity contribution in [3.8, 4) is 0 Å². The fourth-order valence-electron chi connectivity index (χ4n) is 2.74. The molecule has 1 aliphatic heterocycles. The first-order valence-corrected chi connectivity index (χ1v) is 11.4. The molecule has 1 N–H and O–H groups in total. The number of urea groups is 1. The lowest BCUT2D eigenvalue weighted by molar-refractivity contribution is 0.0731. The summed E-state index contributed by atoms with van der Waals surface area (Å²) in [6.07, 6.45) is 0. The van der Waals surface area contributed by atoms with Crippen molar-refractivity contribution in [1.82, 2.24) is 14.5 Å². The Hall–Kier alpha value is -1.65. The number of rotatable bonds is 6. The summed E-state index contributed by atoms with van der Waals surface area (Å²) < 4.78 is 32.2. The molecule has 0 unspecified atom stereocenters. The summed E-state index contributed by atoms with van der Waals surface area (Å²) in [6, 6.07) is 10.4. The summed E-state index contributed by atoms with van der Waals surface area (Å²) in [5.41, 5.74) is 0.970. The Kier molecular flexibility index (Phi) is 6.95. The summed E-state index contributed by atoms with van der Waals surface area (Å²) in [6.45, 7) is 2.27. The van der Waals surface area contributed by atoms with E-state index in [1.54, 1.807) is 36.2 Å². The largest absolute Gasteiger partial charge is 0.379 e. The van der Waals surface area contributed by atoms with Crippen molar-refractivity contribution >= 4 is 39.0 Å². The van der Waals surface area contributed by atoms with Gasteiger partial charge in [-0.1, -0.05) is 23.7 Å². The van der Waals surface area contributed by atoms with Gasteiger partial charge in [-0.05, 0) is 29.8 Å². The molecule has 1 saturated heterocycles. The molecule has 28 heavy (non-hydrogen) atoms. The molecule has 0 spiro atoms. The third-order valence-corrected chi connectivity index (χ3v) is 8.00. The number of hydrogen-bond donors (Lipinski definition) is 1. The molecule has 1 aromatic carbocycles. The third kappa shape index (κ3) is 5.24. The first kappa shape index (κ1) is 21.1. The first-order valence-electron chi connectivity index (χ1n) is 8.76. The number of carbonyl (C=O) groups is 1. The van der Waals surface area contributed by atoms with Gasteiger partial charge in [0.1, 0.15) is 4.21 Å². The van der Waals surface area contributed by atoms with Gasteiger partial charge in [-0.3, -0.25) is 0 Å². The van der Waals surface area contributed by atoms with Crippen molar-refractivity contribution in [2.45, 2.75) is 17.3 Å². The molecule has 2 aromatic rings. The molecule has 1 aromatic heterocycles. The van der Waals surface area contributed by atoms with Crippen LogP contribution in [-0.4, -0.2) is 57.0 Å². The molecule has 7 nitrogen and oxygen atoms in total. The van der Waals surface area contributed by atoms with Crippen molar-refractivity contribution in [3.63, 3.8) is 0 Å². The van der Waals surface area contributed by atoms with Gasteiger partial charge >= 0.3 is 6.03 Å². The number of nitrogens with zero attached hydrogens (tertiary/aromatic N) is 2. The van der Waals surface area contributed by atoms with Crippen LogP contribution >= 0.6 is 22.9 Å². The second kappa shape index (κ2) is 9.23. The predicted octanol–water partition coefficient (Wildman–Crippen LogP) is 2.76. The summed E-state index contributed by atoms with van der Waals surface area (Å²) in [5.74, 6) is 0. The summed E-state index contributed by atoms with van der Waals surface area (Å²) in [7, 11) is -1.80. The molecule has 3 rings (SSSR count). The van der Waals surface area contributed by atoms with Crippen LogP contribution in [-0.2, 0) is 27.8 Å². The number of carbonyl (C=O) groups excluding carboxylic acids is 1. The van der Waals surface area contributed by atoms with Crippen LogP contribution in [0.15, 0.2) is 40.6 Å². The SMILES string of the molecule is CN(Cc1ccc(Cl)cc1)C(=O)NCc1ccc(S(=O)(=O)N2CCOCC2)s1. The van der Waals surface area contributed by atoms with Crippen molar-refractivity contribution in [2.75, 3.05) is 33.4 Å². The molecule has 2 heterocycles. The number of hydrogen-bond acceptors (Lipinski definition) is 5. The predicted molar refractivity (Wildman–Crippen MR) is 109 cm³/mol. The maximum atomic E-state index is 12.6. The highest BCUT2D eigenvalue weighted by Crippen LogP contribution is 2.25. The average Bonchev–Trinajstić information content (AvgIpc) is 3.18. The van der Waals surface area contributed by atoms with E-state index in [9.17, 15) is 13.2 Å². The summed E-state index contributed by atoms with van der Waals surface area (Å²) >= 11 is 7.04. The lowest BCUT2D eigenvalue weighted by Crippen LogP contribution is -2.40. The highest BCUT2D eigenvalue weighted by molar-refractivity contribution is 7.91. The second-order valence-electron chi connectivity index (χ2n) is 6.38. The smallest absolute Gasteiger partial charge is 0.317 e. The van der Waals surface area contributed by atoms with Crippen LogP contribution in [0.4, 0.5) is 4.79 Å². The highest BCUT2D eigenvalue weighted by Gasteiger charge is 2.27. The molecule has 152 valence electrons. The Morgan fingerprint density at radius 3 is 2.57 bits per heavy atom. The van der Waals surface area contributed by atoms with Crippen LogP contribution < -0.4 is 5.32 Å². The quantitative estimate of drug-likeness (QED) is 0.744. The molecule has 0 saturated carbocycles. The zero-order valence-corrected chi connectivity index (χ0v) is 17.8. The Balaban J connectivity index is 1.54. The lowest BCUT2D eigenvalue weighted by Gasteiger charge is -2.25. The number of ether oxygens (including phenoxy) is 1. The molecule has 1 fully saturated rings. The highest BCUT2D eigenvalue weighted by atomic mass is 35.5. The van der Waals surface area contributed by atoms with Gasteiger partial charge in [0.15, 0.2) is 0 Å². The standard InChI is InChI=1S/C18H22ClN3O4S2/c1-21(13-14-2-4-15(19)5-3-14)18(23)20-12-16-6-7-17(27-16)28(24,25)22-8-10-26-11-9-22/h2-7H,8-13H2,1H3,(H,20,23). The van der Waals surface area contributed by atoms with E-state index in [4.69, 9.17) is 16.3 Å². The topological polar surface area (TPSA) is 79.0 Å². The minimum absolute atomic E-state index is 0.235. The van der Waals surface area contributed by atoms with Gasteiger partial charge in [-0.25, -0.2) is 13.2 Å². The van der Waals surface area contributed by atoms with Gasteiger partial charge in [-0.15, -0.1) is 11.3 Å². The number of halogens is 1. The van der Waals surface area contributed by atoms with Crippen LogP contribution in [0.1, 0.15) is 10.4 Å². The molecule has 0 atom stereocenters. The van der Waals surface area contributed by atoms with E-state index in [0.29, 0.717) is 37.9 Å². The molecule has 0 aliphatic carbocycles. The maximum Gasteiger partial charge on any atom is 0.317 e. The molecule has 1 aliphatic rings. The monoisotopic (exact) mass is 443 g/mol. The molecule has 2 amide bonds. The Labute approximate surface area is 173 Å². The first-order chi connectivity index (χ1) is 13.4. The molecular formula is C18H22ClN3O4S2. The van der Waals surface area contributed by atoms with Crippen molar-refractivity contribution in [1.29, 1.82) is 0 Å². The number of thiophene rings is 1. The number of benzene rings is 1. The maximum absolute atomic E-state index is 12.6. The van der Waals surface area contributed by atoms with Crippen molar-refractivity contribution in [2.24, 2.45) is 0 Å². The fourth-order valence-corrected chi connectivity index (χ4v) is 5.72. The van der Waals surface area contributed by atoms with Gasteiger partial charge in [0.25, 0.3) is 10.0 Å². The number of amides is 2. The fraction of sp³-hybridized carbons (Fsp3) is 0.389. The number of morpholine rings is 1. The van der Waals surface area contributed by atoms with Gasteiger partial charge < -0.3 is 15.0 Å². The van der Waals surface area contributed by atoms with Crippen LogP contribution in [0.2, 0.25) is 5.02 Å². The molecule has 0 bridgehead atoms. The summed E-state index contributed by atoms with van der Waals surface area (Å²) in [5, 5.41) is 3.47. The van der Waals surface area contributed by atoms with Crippen LogP contribution in [0.3, 0.4) is 0 Å². The minimum atomic E-state index is -3.50. The van der Waals surface area contributed by atoms with Crippen molar-refractivity contribution < 1.29 is 17.9 Å². The normalized spacial score (nSPS) is 15.4. The van der Waals surface area contributed by atoms with Crippen LogP contribution in [0.25, 0.3) is 0 Å². The van der Waals surface area contributed by atoms with Crippen LogP contribution in [0.5, 0.6) is 0 Å². The minimum Gasteiger partial charge on any atom is -0.379 e. The molecule has 0 radical (unpaired) electrons. The van der Waals surface area contributed by atoms with Crippen molar-refractivity contribution in [3.05, 3.63) is 51.9 Å². The molecule has 10 heteroatoms. The van der Waals surface area contributed by atoms with Gasteiger partial charge in [0.05, 0.1) is 19.8 Å².